The molecule has 3 rings (SSSR count). The first kappa shape index (κ1) is 13.1. The highest BCUT2D eigenvalue weighted by Crippen LogP contribution is 2.30. The van der Waals surface area contributed by atoms with E-state index >= 15 is 0 Å². The molecule has 0 aromatic heterocycles. The summed E-state index contributed by atoms with van der Waals surface area (Å²) in [5.74, 6) is 0. The molecule has 2 unspecified atom stereocenters. The minimum absolute atomic E-state index is 0.403. The topological polar surface area (TPSA) is 52.9 Å². The van der Waals surface area contributed by atoms with Gasteiger partial charge in [0.25, 0.3) is 0 Å². The highest BCUT2D eigenvalue weighted by Gasteiger charge is 2.35. The minimum atomic E-state index is -1.39. The van der Waals surface area contributed by atoms with Crippen LogP contribution in [-0.4, -0.2) is 47.4 Å². The Hall–Kier alpha value is -0.875. The summed E-state index contributed by atoms with van der Waals surface area (Å²) in [5.41, 5.74) is 1.70. The van der Waals surface area contributed by atoms with Gasteiger partial charge in [0.2, 0.25) is 0 Å². The maximum Gasteiger partial charge on any atom is 0.488 e. The molecule has 2 fully saturated rings. The van der Waals surface area contributed by atoms with Crippen molar-refractivity contribution in [3.8, 4) is 0 Å². The zero-order chi connectivity index (χ0) is 13.2. The first-order valence-electron chi connectivity index (χ1n) is 7.04. The van der Waals surface area contributed by atoms with Crippen molar-refractivity contribution in [3.05, 3.63) is 29.8 Å². The third-order valence-electron chi connectivity index (χ3n) is 4.23. The highest BCUT2D eigenvalue weighted by atomic mass is 16.5. The second-order valence-electron chi connectivity index (χ2n) is 5.50. The Morgan fingerprint density at radius 1 is 1.32 bits per heavy atom. The van der Waals surface area contributed by atoms with Crippen LogP contribution in [0.4, 0.5) is 0 Å². The van der Waals surface area contributed by atoms with E-state index in [2.05, 4.69) is 4.90 Å². The number of nitrogens with zero attached hydrogens (tertiary/aromatic N) is 1. The molecule has 1 saturated carbocycles. The van der Waals surface area contributed by atoms with Crippen molar-refractivity contribution in [3.63, 3.8) is 0 Å². The fourth-order valence-corrected chi connectivity index (χ4v) is 3.29. The van der Waals surface area contributed by atoms with Crippen LogP contribution in [0.3, 0.4) is 0 Å². The normalized spacial score (nSPS) is 27.3. The van der Waals surface area contributed by atoms with Crippen molar-refractivity contribution in [2.24, 2.45) is 0 Å². The van der Waals surface area contributed by atoms with E-state index in [1.54, 1.807) is 6.07 Å². The maximum atomic E-state index is 9.23. The molecule has 1 heterocycles. The molecule has 1 saturated heterocycles. The molecule has 5 heteroatoms. The maximum absolute atomic E-state index is 9.23. The number of benzene rings is 1. The van der Waals surface area contributed by atoms with Crippen molar-refractivity contribution in [2.75, 3.05) is 13.2 Å². The molecule has 19 heavy (non-hydrogen) atoms. The lowest BCUT2D eigenvalue weighted by atomic mass is 9.79. The van der Waals surface area contributed by atoms with Crippen molar-refractivity contribution in [1.82, 2.24) is 4.90 Å². The lowest BCUT2D eigenvalue weighted by Gasteiger charge is -2.37. The van der Waals surface area contributed by atoms with Gasteiger partial charge in [-0.15, -0.1) is 0 Å². The van der Waals surface area contributed by atoms with E-state index in [1.807, 2.05) is 18.2 Å². The number of hydrogen-bond donors (Lipinski definition) is 2. The van der Waals surface area contributed by atoms with E-state index in [4.69, 9.17) is 4.74 Å². The van der Waals surface area contributed by atoms with Crippen LogP contribution < -0.4 is 5.46 Å². The van der Waals surface area contributed by atoms with Gasteiger partial charge >= 0.3 is 7.12 Å². The Kier molecular flexibility index (Phi) is 3.89. The van der Waals surface area contributed by atoms with Gasteiger partial charge in [0.1, 0.15) is 0 Å². The number of fused-ring (bicyclic) bond motifs is 1. The quantitative estimate of drug-likeness (QED) is 0.759. The fourth-order valence-electron chi connectivity index (χ4n) is 3.29. The van der Waals surface area contributed by atoms with Gasteiger partial charge < -0.3 is 14.8 Å². The van der Waals surface area contributed by atoms with Crippen molar-refractivity contribution in [2.45, 2.75) is 38.0 Å². The first-order valence-corrected chi connectivity index (χ1v) is 7.04. The molecular weight excluding hydrogens is 241 g/mol. The van der Waals surface area contributed by atoms with Gasteiger partial charge in [-0.2, -0.15) is 0 Å². The Balaban J connectivity index is 1.71. The van der Waals surface area contributed by atoms with Gasteiger partial charge in [-0.1, -0.05) is 24.3 Å². The van der Waals surface area contributed by atoms with E-state index < -0.39 is 7.12 Å². The Morgan fingerprint density at radius 3 is 3.05 bits per heavy atom. The van der Waals surface area contributed by atoms with Crippen molar-refractivity contribution >= 4 is 12.6 Å². The monoisotopic (exact) mass is 261 g/mol. The van der Waals surface area contributed by atoms with Gasteiger partial charge in [-0.3, -0.25) is 4.90 Å². The standard InChI is InChI=1S/C14H20BNO3/c17-15(18)12-4-1-3-11(9-12)10-16-7-8-19-14-6-2-5-13(14)16/h1,3-4,9,13-14,17-18H,2,5-8,10H2. The van der Waals surface area contributed by atoms with Crippen molar-refractivity contribution < 1.29 is 14.8 Å². The molecule has 0 bridgehead atoms. The molecular formula is C14H20BNO3. The predicted molar refractivity (Wildman–Crippen MR) is 74.1 cm³/mol. The summed E-state index contributed by atoms with van der Waals surface area (Å²) < 4.78 is 5.81. The van der Waals surface area contributed by atoms with Crippen LogP contribution in [0, 0.1) is 0 Å². The van der Waals surface area contributed by atoms with E-state index in [0.717, 1.165) is 25.3 Å². The van der Waals surface area contributed by atoms with Crippen LogP contribution in [0.5, 0.6) is 0 Å². The average molecular weight is 261 g/mol. The second kappa shape index (κ2) is 5.63. The zero-order valence-electron chi connectivity index (χ0n) is 11.0. The van der Waals surface area contributed by atoms with Gasteiger partial charge in [0, 0.05) is 19.1 Å². The van der Waals surface area contributed by atoms with Crippen LogP contribution >= 0.6 is 0 Å². The van der Waals surface area contributed by atoms with E-state index in [0.29, 0.717) is 17.6 Å². The molecule has 102 valence electrons. The molecule has 0 radical (unpaired) electrons. The molecule has 0 amide bonds. The smallest absolute Gasteiger partial charge is 0.423 e. The number of ether oxygens (including phenoxy) is 1. The summed E-state index contributed by atoms with van der Waals surface area (Å²) in [7, 11) is -1.39. The fraction of sp³-hybridized carbons (Fsp3) is 0.571. The molecule has 1 aromatic rings. The summed E-state index contributed by atoms with van der Waals surface area (Å²) in [6.07, 6.45) is 4.05. The Labute approximate surface area is 114 Å². The lowest BCUT2D eigenvalue weighted by Crippen LogP contribution is -2.48. The van der Waals surface area contributed by atoms with Crippen LogP contribution in [0.2, 0.25) is 0 Å². The number of rotatable bonds is 3. The Bertz CT molecular complexity index is 440. The predicted octanol–water partition coefficient (Wildman–Crippen LogP) is 0.120. The third-order valence-corrected chi connectivity index (χ3v) is 4.23. The molecule has 1 aliphatic heterocycles. The molecule has 2 aliphatic rings. The van der Waals surface area contributed by atoms with Gasteiger partial charge in [-0.25, -0.2) is 0 Å². The molecule has 0 spiro atoms. The van der Waals surface area contributed by atoms with Crippen LogP contribution in [-0.2, 0) is 11.3 Å². The molecule has 2 N–H and O–H groups in total. The third kappa shape index (κ3) is 2.84. The summed E-state index contributed by atoms with van der Waals surface area (Å²) >= 11 is 0. The van der Waals surface area contributed by atoms with Crippen molar-refractivity contribution in [1.29, 1.82) is 0 Å². The van der Waals surface area contributed by atoms with Crippen LogP contribution in [0.1, 0.15) is 24.8 Å². The molecule has 1 aromatic carbocycles. The molecule has 1 aliphatic carbocycles. The molecule has 2 atom stereocenters. The van der Waals surface area contributed by atoms with Crippen LogP contribution in [0.25, 0.3) is 0 Å². The minimum Gasteiger partial charge on any atom is -0.423 e. The van der Waals surface area contributed by atoms with Gasteiger partial charge in [0.15, 0.2) is 0 Å². The number of hydrogen-bond acceptors (Lipinski definition) is 4. The zero-order valence-corrected chi connectivity index (χ0v) is 11.0. The van der Waals surface area contributed by atoms with Gasteiger partial charge in [0.05, 0.1) is 12.7 Å². The number of morpholine rings is 1. The van der Waals surface area contributed by atoms with Crippen LogP contribution in [0.15, 0.2) is 24.3 Å². The Morgan fingerprint density at radius 2 is 2.21 bits per heavy atom. The highest BCUT2D eigenvalue weighted by molar-refractivity contribution is 6.58. The first-order chi connectivity index (χ1) is 9.24. The average Bonchev–Trinajstić information content (AvgIpc) is 2.88. The molecule has 4 nitrogen and oxygen atoms in total. The largest absolute Gasteiger partial charge is 0.488 e. The SMILES string of the molecule is OB(O)c1cccc(CN2CCOC3CCCC32)c1. The van der Waals surface area contributed by atoms with E-state index in [-0.39, 0.29) is 0 Å². The summed E-state index contributed by atoms with van der Waals surface area (Å²) in [5, 5.41) is 18.5. The summed E-state index contributed by atoms with van der Waals surface area (Å²) in [4.78, 5) is 2.48. The van der Waals surface area contributed by atoms with E-state index in [1.165, 1.54) is 19.3 Å². The lowest BCUT2D eigenvalue weighted by molar-refractivity contribution is -0.0588. The summed E-state index contributed by atoms with van der Waals surface area (Å²) in [6.45, 7) is 2.64. The summed E-state index contributed by atoms with van der Waals surface area (Å²) in [6, 6.07) is 8.09. The van der Waals surface area contributed by atoms with E-state index in [9.17, 15) is 10.0 Å². The van der Waals surface area contributed by atoms with Gasteiger partial charge in [-0.05, 0) is 30.3 Å². The second-order valence-corrected chi connectivity index (χ2v) is 5.50.